The van der Waals surface area contributed by atoms with Crippen molar-refractivity contribution in [2.24, 2.45) is 0 Å². The molecule has 6 heteroatoms. The molecule has 4 nitrogen and oxygen atoms in total. The van der Waals surface area contributed by atoms with Gasteiger partial charge < -0.3 is 9.26 Å². The third kappa shape index (κ3) is 2.92. The van der Waals surface area contributed by atoms with Crippen molar-refractivity contribution in [1.82, 2.24) is 5.16 Å². The summed E-state index contributed by atoms with van der Waals surface area (Å²) in [6.07, 6.45) is 2.71. The Bertz CT molecular complexity index is 645. The number of hydrogen-bond donors (Lipinski definition) is 0. The number of benzene rings is 1. The van der Waals surface area contributed by atoms with Gasteiger partial charge in [-0.3, -0.25) is 4.79 Å². The van der Waals surface area contributed by atoms with Gasteiger partial charge in [0.15, 0.2) is 0 Å². The highest BCUT2D eigenvalue weighted by Gasteiger charge is 2.33. The van der Waals surface area contributed by atoms with E-state index in [2.05, 4.69) is 5.16 Å². The van der Waals surface area contributed by atoms with Crippen molar-refractivity contribution in [1.29, 1.82) is 0 Å². The van der Waals surface area contributed by atoms with E-state index in [-0.39, 0.29) is 6.61 Å². The molecule has 0 radical (unpaired) electrons. The number of ether oxygens (including phenoxy) is 1. The first kappa shape index (κ1) is 14.4. The zero-order valence-corrected chi connectivity index (χ0v) is 12.7. The summed E-state index contributed by atoms with van der Waals surface area (Å²) in [5.41, 5.74) is 2.23. The zero-order chi connectivity index (χ0) is 14.8. The third-order valence-corrected chi connectivity index (χ3v) is 4.13. The first-order valence-corrected chi connectivity index (χ1v) is 7.46. The Hall–Kier alpha value is -1.52. The Morgan fingerprint density at radius 2 is 2.05 bits per heavy atom. The quantitative estimate of drug-likeness (QED) is 0.588. The minimum absolute atomic E-state index is 0.277. The zero-order valence-electron chi connectivity index (χ0n) is 11.1. The molecule has 21 heavy (non-hydrogen) atoms. The van der Waals surface area contributed by atoms with Gasteiger partial charge in [-0.15, -0.1) is 0 Å². The summed E-state index contributed by atoms with van der Waals surface area (Å²) in [7, 11) is 0. The highest BCUT2D eigenvalue weighted by molar-refractivity contribution is 6.39. The molecule has 0 atom stereocenters. The van der Waals surface area contributed by atoms with Crippen LogP contribution in [-0.4, -0.2) is 18.2 Å². The molecule has 110 valence electrons. The lowest BCUT2D eigenvalue weighted by molar-refractivity contribution is -0.128. The smallest absolute Gasteiger partial charge is 0.293 e. The second kappa shape index (κ2) is 6.08. The van der Waals surface area contributed by atoms with E-state index in [1.54, 1.807) is 18.2 Å². The molecular weight excluding hydrogens is 313 g/mol. The number of nitrogens with zero attached hydrogens (tertiary/aromatic N) is 1. The van der Waals surface area contributed by atoms with Crippen LogP contribution in [0, 0.1) is 0 Å². The Morgan fingerprint density at radius 1 is 1.33 bits per heavy atom. The van der Waals surface area contributed by atoms with Crippen molar-refractivity contribution in [3.8, 4) is 11.3 Å². The van der Waals surface area contributed by atoms with Crippen LogP contribution in [0.25, 0.3) is 11.3 Å². The van der Waals surface area contributed by atoms with Gasteiger partial charge in [-0.25, -0.2) is 0 Å². The van der Waals surface area contributed by atoms with Crippen LogP contribution in [0.5, 0.6) is 0 Å². The molecule has 1 saturated carbocycles. The molecule has 0 aliphatic heterocycles. The summed E-state index contributed by atoms with van der Waals surface area (Å²) in [6.45, 7) is 0.714. The predicted octanol–water partition coefficient (Wildman–Crippen LogP) is 4.24. The van der Waals surface area contributed by atoms with Crippen molar-refractivity contribution in [3.05, 3.63) is 39.6 Å². The number of carbonyl (C=O) groups is 1. The molecule has 1 aromatic carbocycles. The number of aromatic nitrogens is 1. The van der Waals surface area contributed by atoms with Gasteiger partial charge in [0.1, 0.15) is 11.5 Å². The minimum atomic E-state index is 0.277. The van der Waals surface area contributed by atoms with Crippen LogP contribution in [0.2, 0.25) is 10.0 Å². The first-order valence-electron chi connectivity index (χ1n) is 6.70. The van der Waals surface area contributed by atoms with Crippen LogP contribution in [0.4, 0.5) is 0 Å². The molecule has 0 saturated heterocycles. The van der Waals surface area contributed by atoms with Crippen LogP contribution in [0.1, 0.15) is 30.1 Å². The maximum atomic E-state index is 10.3. The van der Waals surface area contributed by atoms with E-state index < -0.39 is 0 Å². The van der Waals surface area contributed by atoms with Gasteiger partial charge in [0, 0.05) is 23.5 Å². The molecule has 2 aromatic rings. The molecule has 1 fully saturated rings. The van der Waals surface area contributed by atoms with Gasteiger partial charge >= 0.3 is 0 Å². The van der Waals surface area contributed by atoms with E-state index in [9.17, 15) is 4.79 Å². The van der Waals surface area contributed by atoms with Crippen LogP contribution in [0.3, 0.4) is 0 Å². The molecule has 0 bridgehead atoms. The monoisotopic (exact) mass is 325 g/mol. The van der Waals surface area contributed by atoms with Crippen LogP contribution >= 0.6 is 23.2 Å². The third-order valence-electron chi connectivity index (χ3n) is 3.50. The van der Waals surface area contributed by atoms with Gasteiger partial charge in [0.2, 0.25) is 0 Å². The molecule has 0 N–H and O–H groups in total. The summed E-state index contributed by atoms with van der Waals surface area (Å²) in [6, 6.07) is 5.31. The molecule has 1 heterocycles. The van der Waals surface area contributed by atoms with E-state index in [1.165, 1.54) is 0 Å². The van der Waals surface area contributed by atoms with Crippen molar-refractivity contribution in [2.45, 2.75) is 25.2 Å². The molecular formula is C15H13Cl2NO3. The first-order chi connectivity index (χ1) is 10.2. The summed E-state index contributed by atoms with van der Waals surface area (Å²) in [5, 5.41) is 5.21. The molecule has 1 aromatic heterocycles. The van der Waals surface area contributed by atoms with Crippen molar-refractivity contribution >= 4 is 29.7 Å². The number of halogens is 2. The van der Waals surface area contributed by atoms with Gasteiger partial charge in [0.25, 0.3) is 6.47 Å². The van der Waals surface area contributed by atoms with E-state index >= 15 is 0 Å². The van der Waals surface area contributed by atoms with E-state index in [0.29, 0.717) is 40.1 Å². The van der Waals surface area contributed by atoms with E-state index in [1.807, 2.05) is 0 Å². The normalized spacial score (nSPS) is 14.2. The maximum Gasteiger partial charge on any atom is 0.293 e. The highest BCUT2D eigenvalue weighted by Crippen LogP contribution is 2.45. The molecule has 1 aliphatic rings. The topological polar surface area (TPSA) is 52.3 Å². The summed E-state index contributed by atoms with van der Waals surface area (Å²) in [5.74, 6) is 1.26. The SMILES string of the molecule is O=COCCc1c(-c2c(Cl)cccc2Cl)noc1C1CC1. The summed E-state index contributed by atoms with van der Waals surface area (Å²) < 4.78 is 10.3. The lowest BCUT2D eigenvalue weighted by atomic mass is 10.0. The Kier molecular flexibility index (Phi) is 4.17. The fraction of sp³-hybridized carbons (Fsp3) is 0.333. The number of rotatable bonds is 6. The fourth-order valence-electron chi connectivity index (χ4n) is 2.36. The van der Waals surface area contributed by atoms with Crippen LogP contribution < -0.4 is 0 Å². The largest absolute Gasteiger partial charge is 0.468 e. The standard InChI is InChI=1S/C15H13Cl2NO3/c16-11-2-1-3-12(17)13(11)14-10(6-7-20-8-19)15(21-18-14)9-4-5-9/h1-3,8-9H,4-7H2. The molecule has 3 rings (SSSR count). The van der Waals surface area contributed by atoms with Crippen LogP contribution in [-0.2, 0) is 16.0 Å². The summed E-state index contributed by atoms with van der Waals surface area (Å²) in [4.78, 5) is 10.3. The second-order valence-electron chi connectivity index (χ2n) is 4.96. The Labute approximate surface area is 132 Å². The number of carbonyl (C=O) groups excluding carboxylic acids is 1. The second-order valence-corrected chi connectivity index (χ2v) is 5.78. The van der Waals surface area contributed by atoms with Crippen LogP contribution in [0.15, 0.2) is 22.7 Å². The van der Waals surface area contributed by atoms with Gasteiger partial charge in [0.05, 0.1) is 16.7 Å². The fourth-order valence-corrected chi connectivity index (χ4v) is 2.94. The van der Waals surface area contributed by atoms with Crippen molar-refractivity contribution in [2.75, 3.05) is 6.61 Å². The highest BCUT2D eigenvalue weighted by atomic mass is 35.5. The Morgan fingerprint density at radius 3 is 2.67 bits per heavy atom. The van der Waals surface area contributed by atoms with Gasteiger partial charge in [-0.2, -0.15) is 0 Å². The molecule has 0 unspecified atom stereocenters. The van der Waals surface area contributed by atoms with Gasteiger partial charge in [-0.1, -0.05) is 34.4 Å². The van der Waals surface area contributed by atoms with Gasteiger partial charge in [-0.05, 0) is 25.0 Å². The predicted molar refractivity (Wildman–Crippen MR) is 79.7 cm³/mol. The summed E-state index contributed by atoms with van der Waals surface area (Å²) >= 11 is 12.5. The number of hydrogen-bond acceptors (Lipinski definition) is 4. The minimum Gasteiger partial charge on any atom is -0.468 e. The van der Waals surface area contributed by atoms with E-state index in [0.717, 1.165) is 24.2 Å². The average molecular weight is 326 g/mol. The lowest BCUT2D eigenvalue weighted by Gasteiger charge is -2.07. The molecule has 0 amide bonds. The molecule has 1 aliphatic carbocycles. The lowest BCUT2D eigenvalue weighted by Crippen LogP contribution is -2.00. The molecule has 0 spiro atoms. The van der Waals surface area contributed by atoms with E-state index in [4.69, 9.17) is 32.5 Å². The van der Waals surface area contributed by atoms with Crippen molar-refractivity contribution in [3.63, 3.8) is 0 Å². The maximum absolute atomic E-state index is 10.3. The average Bonchev–Trinajstić information content (AvgIpc) is 3.22. The Balaban J connectivity index is 2.03. The van der Waals surface area contributed by atoms with Crippen molar-refractivity contribution < 1.29 is 14.1 Å².